The predicted molar refractivity (Wildman–Crippen MR) is 80.3 cm³/mol. The second-order valence-corrected chi connectivity index (χ2v) is 4.32. The van der Waals surface area contributed by atoms with Gasteiger partial charge in [-0.1, -0.05) is 18.2 Å². The van der Waals surface area contributed by atoms with Crippen molar-refractivity contribution >= 4 is 17.5 Å². The van der Waals surface area contributed by atoms with Gasteiger partial charge in [-0.05, 0) is 12.1 Å². The first-order chi connectivity index (χ1) is 10.2. The van der Waals surface area contributed by atoms with Crippen LogP contribution in [0.4, 0.5) is 11.5 Å². The topological polar surface area (TPSA) is 86.5 Å². The monoisotopic (exact) mass is 287 g/mol. The Kier molecular flexibility index (Phi) is 4.61. The average molecular weight is 287 g/mol. The van der Waals surface area contributed by atoms with Crippen molar-refractivity contribution in [2.75, 3.05) is 25.3 Å². The van der Waals surface area contributed by atoms with E-state index in [1.807, 2.05) is 24.3 Å². The van der Waals surface area contributed by atoms with E-state index in [1.54, 1.807) is 7.11 Å². The van der Waals surface area contributed by atoms with Crippen molar-refractivity contribution in [3.05, 3.63) is 47.7 Å². The van der Waals surface area contributed by atoms with Crippen LogP contribution in [0.1, 0.15) is 15.9 Å². The molecular weight excluding hydrogens is 270 g/mol. The number of rotatable bonds is 5. The zero-order chi connectivity index (χ0) is 15.2. The number of nitrogens with one attached hydrogen (secondary N) is 1. The lowest BCUT2D eigenvalue weighted by molar-refractivity contribution is 0.0601. The number of benzene rings is 1. The molecular formula is C15H17N3O3. The number of nitrogens with zero attached hydrogens (tertiary/aromatic N) is 1. The van der Waals surface area contributed by atoms with Crippen LogP contribution >= 0.6 is 0 Å². The van der Waals surface area contributed by atoms with Crippen molar-refractivity contribution in [1.82, 2.24) is 4.98 Å². The second-order valence-electron chi connectivity index (χ2n) is 4.32. The predicted octanol–water partition coefficient (Wildman–Crippen LogP) is 2.07. The molecule has 110 valence electrons. The van der Waals surface area contributed by atoms with Gasteiger partial charge in [-0.15, -0.1) is 0 Å². The quantitative estimate of drug-likeness (QED) is 0.819. The molecule has 1 heterocycles. The maximum Gasteiger partial charge on any atom is 0.341 e. The Morgan fingerprint density at radius 2 is 2.10 bits per heavy atom. The molecule has 0 unspecified atom stereocenters. The standard InChI is InChI=1S/C15H17N3O3/c1-20-13-6-4-3-5-10(13)8-17-14-12(15(19)21-2)7-11(16)9-18-14/h3-7,9H,8,16H2,1-2H3,(H,17,18). The lowest BCUT2D eigenvalue weighted by Crippen LogP contribution is -2.11. The summed E-state index contributed by atoms with van der Waals surface area (Å²) in [6.07, 6.45) is 1.48. The van der Waals surface area contributed by atoms with Gasteiger partial charge in [0.15, 0.2) is 0 Å². The van der Waals surface area contributed by atoms with Gasteiger partial charge in [0.1, 0.15) is 17.1 Å². The number of nitrogens with two attached hydrogens (primary N) is 1. The molecule has 3 N–H and O–H groups in total. The highest BCUT2D eigenvalue weighted by Gasteiger charge is 2.14. The highest BCUT2D eigenvalue weighted by Crippen LogP contribution is 2.21. The van der Waals surface area contributed by atoms with E-state index in [0.717, 1.165) is 11.3 Å². The van der Waals surface area contributed by atoms with E-state index in [0.29, 0.717) is 23.6 Å². The molecule has 0 spiro atoms. The summed E-state index contributed by atoms with van der Waals surface area (Å²) in [6, 6.07) is 9.14. The first kappa shape index (κ1) is 14.6. The van der Waals surface area contributed by atoms with Crippen LogP contribution in [-0.4, -0.2) is 25.2 Å². The molecule has 6 heteroatoms. The molecule has 1 aromatic heterocycles. The molecule has 0 aliphatic rings. The maximum atomic E-state index is 11.7. The third kappa shape index (κ3) is 3.42. The van der Waals surface area contributed by atoms with Gasteiger partial charge in [-0.25, -0.2) is 9.78 Å². The lowest BCUT2D eigenvalue weighted by atomic mass is 10.2. The molecule has 0 amide bonds. The molecule has 0 atom stereocenters. The van der Waals surface area contributed by atoms with Gasteiger partial charge in [0.05, 0.1) is 26.1 Å². The number of aromatic nitrogens is 1. The molecule has 0 aliphatic heterocycles. The summed E-state index contributed by atoms with van der Waals surface area (Å²) in [4.78, 5) is 15.9. The summed E-state index contributed by atoms with van der Waals surface area (Å²) < 4.78 is 10.0. The van der Waals surface area contributed by atoms with Crippen LogP contribution in [0.2, 0.25) is 0 Å². The molecule has 0 fully saturated rings. The Balaban J connectivity index is 2.22. The molecule has 6 nitrogen and oxygen atoms in total. The van der Waals surface area contributed by atoms with Crippen molar-refractivity contribution in [2.45, 2.75) is 6.54 Å². The minimum atomic E-state index is -0.489. The first-order valence-electron chi connectivity index (χ1n) is 6.35. The highest BCUT2D eigenvalue weighted by atomic mass is 16.5. The van der Waals surface area contributed by atoms with Crippen LogP contribution < -0.4 is 15.8 Å². The van der Waals surface area contributed by atoms with Crippen molar-refractivity contribution in [3.8, 4) is 5.75 Å². The lowest BCUT2D eigenvalue weighted by Gasteiger charge is -2.12. The number of ether oxygens (including phenoxy) is 2. The van der Waals surface area contributed by atoms with Gasteiger partial charge < -0.3 is 20.5 Å². The zero-order valence-corrected chi connectivity index (χ0v) is 11.9. The summed E-state index contributed by atoms with van der Waals surface area (Å²) in [5.74, 6) is 0.694. The number of para-hydroxylation sites is 1. The van der Waals surface area contributed by atoms with Gasteiger partial charge in [0.25, 0.3) is 0 Å². The normalized spacial score (nSPS) is 10.0. The number of carbonyl (C=O) groups is 1. The third-order valence-electron chi connectivity index (χ3n) is 2.95. The minimum absolute atomic E-state index is 0.299. The maximum absolute atomic E-state index is 11.7. The van der Waals surface area contributed by atoms with Gasteiger partial charge in [0, 0.05) is 12.1 Å². The number of methoxy groups -OCH3 is 2. The van der Waals surface area contributed by atoms with Gasteiger partial charge >= 0.3 is 5.97 Å². The second kappa shape index (κ2) is 6.60. The van der Waals surface area contributed by atoms with E-state index < -0.39 is 5.97 Å². The van der Waals surface area contributed by atoms with E-state index in [1.165, 1.54) is 19.4 Å². The fraction of sp³-hybridized carbons (Fsp3) is 0.200. The summed E-state index contributed by atoms with van der Waals surface area (Å²) >= 11 is 0. The molecule has 0 radical (unpaired) electrons. The minimum Gasteiger partial charge on any atom is -0.496 e. The molecule has 1 aromatic carbocycles. The molecule has 0 saturated heterocycles. The smallest absolute Gasteiger partial charge is 0.341 e. The van der Waals surface area contributed by atoms with E-state index in [4.69, 9.17) is 15.2 Å². The fourth-order valence-electron chi connectivity index (χ4n) is 1.92. The largest absolute Gasteiger partial charge is 0.496 e. The highest BCUT2D eigenvalue weighted by molar-refractivity contribution is 5.95. The van der Waals surface area contributed by atoms with Crippen LogP contribution in [0, 0.1) is 0 Å². The number of esters is 1. The number of pyridine rings is 1. The zero-order valence-electron chi connectivity index (χ0n) is 11.9. The first-order valence-corrected chi connectivity index (χ1v) is 6.35. The molecule has 21 heavy (non-hydrogen) atoms. The summed E-state index contributed by atoms with van der Waals surface area (Å²) in [5.41, 5.74) is 7.31. The SMILES string of the molecule is COC(=O)c1cc(N)cnc1NCc1ccccc1OC. The molecule has 0 bridgehead atoms. The summed E-state index contributed by atoms with van der Waals surface area (Å²) in [7, 11) is 2.93. The number of carbonyl (C=O) groups excluding carboxylic acids is 1. The molecule has 0 aliphatic carbocycles. The molecule has 2 rings (SSSR count). The Labute approximate surface area is 122 Å². The Hall–Kier alpha value is -2.76. The molecule has 2 aromatic rings. The van der Waals surface area contributed by atoms with Crippen LogP contribution in [0.15, 0.2) is 36.5 Å². The number of hydrogen-bond acceptors (Lipinski definition) is 6. The number of hydrogen-bond donors (Lipinski definition) is 2. The summed E-state index contributed by atoms with van der Waals surface area (Å²) in [5, 5.41) is 3.10. The van der Waals surface area contributed by atoms with E-state index >= 15 is 0 Å². The third-order valence-corrected chi connectivity index (χ3v) is 2.95. The van der Waals surface area contributed by atoms with Crippen LogP contribution in [0.3, 0.4) is 0 Å². The van der Waals surface area contributed by atoms with Crippen LogP contribution in [-0.2, 0) is 11.3 Å². The van der Waals surface area contributed by atoms with Crippen molar-refractivity contribution in [2.24, 2.45) is 0 Å². The Morgan fingerprint density at radius 1 is 1.33 bits per heavy atom. The van der Waals surface area contributed by atoms with Crippen LogP contribution in [0.25, 0.3) is 0 Å². The van der Waals surface area contributed by atoms with Crippen LogP contribution in [0.5, 0.6) is 5.75 Å². The van der Waals surface area contributed by atoms with Gasteiger partial charge in [-0.2, -0.15) is 0 Å². The van der Waals surface area contributed by atoms with E-state index in [2.05, 4.69) is 10.3 Å². The van der Waals surface area contributed by atoms with Crippen molar-refractivity contribution < 1.29 is 14.3 Å². The Morgan fingerprint density at radius 3 is 2.81 bits per heavy atom. The summed E-state index contributed by atoms with van der Waals surface area (Å²) in [6.45, 7) is 0.463. The van der Waals surface area contributed by atoms with Crippen molar-refractivity contribution in [1.29, 1.82) is 0 Å². The van der Waals surface area contributed by atoms with E-state index in [9.17, 15) is 4.79 Å². The van der Waals surface area contributed by atoms with Gasteiger partial charge in [-0.3, -0.25) is 0 Å². The Bertz CT molecular complexity index is 644. The number of anilines is 2. The van der Waals surface area contributed by atoms with Gasteiger partial charge in [0.2, 0.25) is 0 Å². The van der Waals surface area contributed by atoms with Crippen molar-refractivity contribution in [3.63, 3.8) is 0 Å². The fourth-order valence-corrected chi connectivity index (χ4v) is 1.92. The molecule has 0 saturated carbocycles. The average Bonchev–Trinajstić information content (AvgIpc) is 2.53. The van der Waals surface area contributed by atoms with E-state index in [-0.39, 0.29) is 0 Å². The number of nitrogen functional groups attached to an aromatic ring is 1.